The van der Waals surface area contributed by atoms with Crippen molar-refractivity contribution in [3.8, 4) is 0 Å². The smallest absolute Gasteiger partial charge is 0.334 e. The summed E-state index contributed by atoms with van der Waals surface area (Å²) in [6, 6.07) is -0.0650. The maximum Gasteiger partial charge on any atom is 0.334 e. The number of hydrogen-bond donors (Lipinski definition) is 3. The highest BCUT2D eigenvalue weighted by Crippen LogP contribution is 2.24. The van der Waals surface area contributed by atoms with Crippen LogP contribution in [0.25, 0.3) is 0 Å². The molecular weight excluding hydrogens is 188 g/mol. The van der Waals surface area contributed by atoms with Crippen molar-refractivity contribution in [2.24, 2.45) is 0 Å². The Bertz CT molecular complexity index is 239. The number of carbonyl (C=O) groups excluding carboxylic acids is 1. The van der Waals surface area contributed by atoms with Gasteiger partial charge >= 0.3 is 12.0 Å². The Labute approximate surface area is 81.5 Å². The van der Waals surface area contributed by atoms with Gasteiger partial charge in [-0.2, -0.15) is 0 Å². The number of carboxylic acid groups (broad SMARTS) is 1. The minimum Gasteiger partial charge on any atom is -0.479 e. The van der Waals surface area contributed by atoms with Gasteiger partial charge in [0, 0.05) is 13.1 Å². The van der Waals surface area contributed by atoms with Crippen molar-refractivity contribution < 1.29 is 19.8 Å². The van der Waals surface area contributed by atoms with Crippen LogP contribution in [-0.4, -0.2) is 52.9 Å². The Balaban J connectivity index is 2.23. The third-order valence-corrected chi connectivity index (χ3v) is 2.15. The second-order valence-corrected chi connectivity index (χ2v) is 3.38. The fourth-order valence-corrected chi connectivity index (χ4v) is 1.02. The summed E-state index contributed by atoms with van der Waals surface area (Å²) in [5.41, 5.74) is 0. The molecule has 80 valence electrons. The molecule has 0 aromatic carbocycles. The minimum absolute atomic E-state index is 0.259. The van der Waals surface area contributed by atoms with Crippen molar-refractivity contribution in [1.82, 2.24) is 10.2 Å². The minimum atomic E-state index is -1.54. The molecule has 0 unspecified atom stereocenters. The standard InChI is InChI=1S/C8H14N2O4/c1-10(5-2-3-5)8(14)9-4-6(11)7(12)13/h5-6,11H,2-4H2,1H3,(H,9,14)(H,12,13)/t6-/m0/s1. The van der Waals surface area contributed by atoms with E-state index in [2.05, 4.69) is 5.32 Å². The molecule has 1 aliphatic carbocycles. The highest BCUT2D eigenvalue weighted by molar-refractivity contribution is 5.77. The molecule has 14 heavy (non-hydrogen) atoms. The Kier molecular flexibility index (Phi) is 3.29. The molecule has 6 heteroatoms. The van der Waals surface area contributed by atoms with Crippen LogP contribution < -0.4 is 5.32 Å². The van der Waals surface area contributed by atoms with E-state index in [0.29, 0.717) is 0 Å². The van der Waals surface area contributed by atoms with Crippen molar-refractivity contribution in [3.05, 3.63) is 0 Å². The molecule has 0 aliphatic heterocycles. The summed E-state index contributed by atoms with van der Waals surface area (Å²) in [6.45, 7) is -0.259. The molecule has 1 aliphatic rings. The number of aliphatic hydroxyl groups excluding tert-OH is 1. The van der Waals surface area contributed by atoms with E-state index < -0.39 is 12.1 Å². The average molecular weight is 202 g/mol. The van der Waals surface area contributed by atoms with Crippen molar-refractivity contribution in [1.29, 1.82) is 0 Å². The lowest BCUT2D eigenvalue weighted by molar-refractivity contribution is -0.146. The summed E-state index contributed by atoms with van der Waals surface area (Å²) in [5, 5.41) is 19.6. The number of aliphatic hydroxyl groups is 1. The lowest BCUT2D eigenvalue weighted by Gasteiger charge is -2.17. The van der Waals surface area contributed by atoms with Gasteiger partial charge in [0.1, 0.15) is 0 Å². The Morgan fingerprint density at radius 3 is 2.57 bits per heavy atom. The molecular formula is C8H14N2O4. The topological polar surface area (TPSA) is 89.9 Å². The predicted octanol–water partition coefficient (Wildman–Crippen LogP) is -0.764. The van der Waals surface area contributed by atoms with Crippen molar-refractivity contribution >= 4 is 12.0 Å². The highest BCUT2D eigenvalue weighted by Gasteiger charge is 2.29. The van der Waals surface area contributed by atoms with Crippen LogP contribution in [0.3, 0.4) is 0 Å². The number of nitrogens with zero attached hydrogens (tertiary/aromatic N) is 1. The second-order valence-electron chi connectivity index (χ2n) is 3.38. The second kappa shape index (κ2) is 4.28. The SMILES string of the molecule is CN(C(=O)NC[C@H](O)C(=O)O)C1CC1. The number of nitrogens with one attached hydrogen (secondary N) is 1. The van der Waals surface area contributed by atoms with Crippen molar-refractivity contribution in [3.63, 3.8) is 0 Å². The zero-order valence-corrected chi connectivity index (χ0v) is 7.93. The third kappa shape index (κ3) is 2.88. The first-order chi connectivity index (χ1) is 6.52. The van der Waals surface area contributed by atoms with Gasteiger partial charge in [-0.1, -0.05) is 0 Å². The van der Waals surface area contributed by atoms with Gasteiger partial charge in [-0.15, -0.1) is 0 Å². The van der Waals surface area contributed by atoms with Crippen LogP contribution in [-0.2, 0) is 4.79 Å². The van der Waals surface area contributed by atoms with Gasteiger partial charge in [-0.05, 0) is 12.8 Å². The highest BCUT2D eigenvalue weighted by atomic mass is 16.4. The number of hydrogen-bond acceptors (Lipinski definition) is 3. The third-order valence-electron chi connectivity index (χ3n) is 2.15. The number of rotatable bonds is 4. The van der Waals surface area contributed by atoms with E-state index in [1.54, 1.807) is 7.05 Å². The maximum atomic E-state index is 11.3. The quantitative estimate of drug-likeness (QED) is 0.558. The van der Waals surface area contributed by atoms with E-state index in [-0.39, 0.29) is 18.6 Å². The molecule has 0 aromatic rings. The molecule has 0 bridgehead atoms. The molecule has 1 rings (SSSR count). The summed E-state index contributed by atoms with van der Waals surface area (Å²) in [5.74, 6) is -1.33. The first kappa shape index (κ1) is 10.8. The average Bonchev–Trinajstić information content (AvgIpc) is 2.95. The van der Waals surface area contributed by atoms with Crippen molar-refractivity contribution in [2.45, 2.75) is 25.0 Å². The number of amides is 2. The monoisotopic (exact) mass is 202 g/mol. The van der Waals surface area contributed by atoms with E-state index >= 15 is 0 Å². The molecule has 2 amide bonds. The fraction of sp³-hybridized carbons (Fsp3) is 0.750. The molecule has 0 radical (unpaired) electrons. The molecule has 1 saturated carbocycles. The van der Waals surface area contributed by atoms with Gasteiger partial charge in [0.05, 0.1) is 6.54 Å². The zero-order chi connectivity index (χ0) is 10.7. The number of carboxylic acids is 1. The largest absolute Gasteiger partial charge is 0.479 e. The molecule has 3 N–H and O–H groups in total. The summed E-state index contributed by atoms with van der Waals surface area (Å²) in [4.78, 5) is 23.0. The van der Waals surface area contributed by atoms with Gasteiger partial charge in [0.2, 0.25) is 0 Å². The molecule has 6 nitrogen and oxygen atoms in total. The molecule has 0 saturated heterocycles. The molecule has 1 atom stereocenters. The number of aliphatic carboxylic acids is 1. The summed E-state index contributed by atoms with van der Waals surface area (Å²) in [6.07, 6.45) is 0.447. The first-order valence-electron chi connectivity index (χ1n) is 4.44. The first-order valence-corrected chi connectivity index (χ1v) is 4.44. The van der Waals surface area contributed by atoms with E-state index in [1.165, 1.54) is 4.90 Å². The van der Waals surface area contributed by atoms with Crippen LogP contribution in [0.2, 0.25) is 0 Å². The summed E-state index contributed by atoms with van der Waals surface area (Å²) >= 11 is 0. The van der Waals surface area contributed by atoms with Crippen LogP contribution in [0.4, 0.5) is 4.79 Å². The van der Waals surface area contributed by atoms with Crippen LogP contribution in [0.15, 0.2) is 0 Å². The van der Waals surface area contributed by atoms with Gasteiger partial charge in [-0.25, -0.2) is 9.59 Å². The van der Waals surface area contributed by atoms with E-state index in [9.17, 15) is 9.59 Å². The number of urea groups is 1. The van der Waals surface area contributed by atoms with Crippen LogP contribution in [0.1, 0.15) is 12.8 Å². The Hall–Kier alpha value is -1.30. The molecule has 0 aromatic heterocycles. The normalized spacial score (nSPS) is 17.3. The van der Waals surface area contributed by atoms with E-state index in [1.807, 2.05) is 0 Å². The van der Waals surface area contributed by atoms with Gasteiger partial charge in [-0.3, -0.25) is 0 Å². The Morgan fingerprint density at radius 1 is 1.57 bits per heavy atom. The Morgan fingerprint density at radius 2 is 2.14 bits per heavy atom. The van der Waals surface area contributed by atoms with Gasteiger partial charge in [0.15, 0.2) is 6.10 Å². The van der Waals surface area contributed by atoms with Gasteiger partial charge in [0.25, 0.3) is 0 Å². The van der Waals surface area contributed by atoms with E-state index in [4.69, 9.17) is 10.2 Å². The van der Waals surface area contributed by atoms with E-state index in [0.717, 1.165) is 12.8 Å². The molecule has 0 spiro atoms. The molecule has 0 heterocycles. The molecule has 1 fully saturated rings. The fourth-order valence-electron chi connectivity index (χ4n) is 1.02. The number of carbonyl (C=O) groups is 2. The maximum absolute atomic E-state index is 11.3. The zero-order valence-electron chi connectivity index (χ0n) is 7.93. The van der Waals surface area contributed by atoms with Crippen LogP contribution in [0, 0.1) is 0 Å². The predicted molar refractivity (Wildman–Crippen MR) is 47.8 cm³/mol. The lowest BCUT2D eigenvalue weighted by Crippen LogP contribution is -2.43. The summed E-state index contributed by atoms with van der Waals surface area (Å²) < 4.78 is 0. The van der Waals surface area contributed by atoms with Crippen LogP contribution in [0.5, 0.6) is 0 Å². The lowest BCUT2D eigenvalue weighted by atomic mass is 10.3. The van der Waals surface area contributed by atoms with Gasteiger partial charge < -0.3 is 20.4 Å². The van der Waals surface area contributed by atoms with Crippen LogP contribution >= 0.6 is 0 Å². The van der Waals surface area contributed by atoms with Crippen molar-refractivity contribution in [2.75, 3.05) is 13.6 Å². The summed E-state index contributed by atoms with van der Waals surface area (Å²) in [7, 11) is 1.65.